The molecule has 0 amide bonds. The van der Waals surface area contributed by atoms with E-state index < -0.39 is 0 Å². The molecule has 3 N–H and O–H groups in total. The average Bonchev–Trinajstić information content (AvgIpc) is 2.94. The number of hydrogen-bond donors (Lipinski definition) is 2. The first-order chi connectivity index (χ1) is 8.24. The van der Waals surface area contributed by atoms with Gasteiger partial charge in [0.05, 0.1) is 24.3 Å². The van der Waals surface area contributed by atoms with E-state index in [0.717, 1.165) is 24.2 Å². The molecule has 1 unspecified atom stereocenters. The molecule has 0 aliphatic carbocycles. The first-order valence-electron chi connectivity index (χ1n) is 5.76. The Hall–Kier alpha value is -1.59. The second-order valence-electron chi connectivity index (χ2n) is 4.07. The van der Waals surface area contributed by atoms with Crippen molar-refractivity contribution in [2.24, 2.45) is 5.84 Å². The molecule has 5 nitrogen and oxygen atoms in total. The van der Waals surface area contributed by atoms with Crippen molar-refractivity contribution in [3.05, 3.63) is 41.6 Å². The second-order valence-corrected chi connectivity index (χ2v) is 4.07. The van der Waals surface area contributed by atoms with Crippen LogP contribution in [0, 0.1) is 6.92 Å². The van der Waals surface area contributed by atoms with E-state index in [-0.39, 0.29) is 6.04 Å². The van der Waals surface area contributed by atoms with Crippen molar-refractivity contribution >= 4 is 0 Å². The molecule has 5 heteroatoms. The monoisotopic (exact) mass is 234 g/mol. The minimum absolute atomic E-state index is 0.0511. The fourth-order valence-electron chi connectivity index (χ4n) is 1.99. The number of hydrazine groups is 1. The van der Waals surface area contributed by atoms with Gasteiger partial charge in [0.2, 0.25) is 0 Å². The van der Waals surface area contributed by atoms with E-state index in [0.29, 0.717) is 0 Å². The van der Waals surface area contributed by atoms with E-state index in [2.05, 4.69) is 23.5 Å². The third-order valence-electron chi connectivity index (χ3n) is 2.85. The highest BCUT2D eigenvalue weighted by Crippen LogP contribution is 2.18. The number of aryl methyl sites for hydroxylation is 2. The van der Waals surface area contributed by atoms with Gasteiger partial charge in [-0.2, -0.15) is 5.10 Å². The predicted molar refractivity (Wildman–Crippen MR) is 65.1 cm³/mol. The Kier molecular flexibility index (Phi) is 3.61. The van der Waals surface area contributed by atoms with Gasteiger partial charge in [0.25, 0.3) is 0 Å². The molecule has 0 spiro atoms. The summed E-state index contributed by atoms with van der Waals surface area (Å²) >= 11 is 0. The Morgan fingerprint density at radius 2 is 2.41 bits per heavy atom. The standard InChI is InChI=1S/C12H18N4O/c1-3-16-11(6-9(2)15-16)7-12(14-13)10-4-5-17-8-10/h4-6,8,12,14H,3,7,13H2,1-2H3. The summed E-state index contributed by atoms with van der Waals surface area (Å²) in [6.45, 7) is 4.95. The molecular weight excluding hydrogens is 216 g/mol. The van der Waals surface area contributed by atoms with Crippen molar-refractivity contribution in [3.63, 3.8) is 0 Å². The van der Waals surface area contributed by atoms with E-state index in [9.17, 15) is 0 Å². The molecule has 2 rings (SSSR count). The minimum atomic E-state index is 0.0511. The maximum atomic E-state index is 5.59. The summed E-state index contributed by atoms with van der Waals surface area (Å²) in [5, 5.41) is 4.42. The maximum absolute atomic E-state index is 5.59. The molecule has 1 atom stereocenters. The zero-order chi connectivity index (χ0) is 12.3. The zero-order valence-electron chi connectivity index (χ0n) is 10.2. The van der Waals surface area contributed by atoms with Crippen LogP contribution in [0.1, 0.15) is 29.9 Å². The van der Waals surface area contributed by atoms with Crippen molar-refractivity contribution < 1.29 is 4.42 Å². The van der Waals surface area contributed by atoms with E-state index in [4.69, 9.17) is 10.3 Å². The molecule has 92 valence electrons. The summed E-state index contributed by atoms with van der Waals surface area (Å²) in [5.74, 6) is 5.59. The van der Waals surface area contributed by atoms with Crippen LogP contribution in [-0.2, 0) is 13.0 Å². The number of nitrogens with zero attached hydrogens (tertiary/aromatic N) is 2. The van der Waals surface area contributed by atoms with Crippen molar-refractivity contribution in [3.8, 4) is 0 Å². The normalized spacial score (nSPS) is 12.9. The maximum Gasteiger partial charge on any atom is 0.0951 e. The summed E-state index contributed by atoms with van der Waals surface area (Å²) in [5.41, 5.74) is 6.07. The molecule has 17 heavy (non-hydrogen) atoms. The van der Waals surface area contributed by atoms with Gasteiger partial charge in [-0.1, -0.05) is 0 Å². The van der Waals surface area contributed by atoms with Crippen molar-refractivity contribution in [1.82, 2.24) is 15.2 Å². The number of hydrogen-bond acceptors (Lipinski definition) is 4. The second kappa shape index (κ2) is 5.16. The summed E-state index contributed by atoms with van der Waals surface area (Å²) in [6, 6.07) is 4.06. The van der Waals surface area contributed by atoms with Gasteiger partial charge in [-0.15, -0.1) is 0 Å². The van der Waals surface area contributed by atoms with Crippen LogP contribution in [-0.4, -0.2) is 9.78 Å². The Bertz CT molecular complexity index is 461. The first-order valence-corrected chi connectivity index (χ1v) is 5.76. The van der Waals surface area contributed by atoms with Crippen LogP contribution in [0.3, 0.4) is 0 Å². The lowest BCUT2D eigenvalue weighted by Crippen LogP contribution is -2.29. The SMILES string of the molecule is CCn1nc(C)cc1CC(NN)c1ccoc1. The number of nitrogens with two attached hydrogens (primary N) is 1. The van der Waals surface area contributed by atoms with Gasteiger partial charge in [-0.25, -0.2) is 0 Å². The van der Waals surface area contributed by atoms with Gasteiger partial charge in [-0.05, 0) is 26.0 Å². The highest BCUT2D eigenvalue weighted by Gasteiger charge is 2.14. The topological polar surface area (TPSA) is 69.0 Å². The Labute approximate surface area is 101 Å². The highest BCUT2D eigenvalue weighted by atomic mass is 16.3. The van der Waals surface area contributed by atoms with Crippen LogP contribution in [0.4, 0.5) is 0 Å². The van der Waals surface area contributed by atoms with Crippen LogP contribution < -0.4 is 11.3 Å². The van der Waals surface area contributed by atoms with Gasteiger partial charge in [-0.3, -0.25) is 16.0 Å². The summed E-state index contributed by atoms with van der Waals surface area (Å²) in [4.78, 5) is 0. The van der Waals surface area contributed by atoms with Gasteiger partial charge < -0.3 is 4.42 Å². The molecule has 0 saturated heterocycles. The fourth-order valence-corrected chi connectivity index (χ4v) is 1.99. The van der Waals surface area contributed by atoms with Crippen LogP contribution >= 0.6 is 0 Å². The summed E-state index contributed by atoms with van der Waals surface area (Å²) in [6.07, 6.45) is 4.16. The lowest BCUT2D eigenvalue weighted by Gasteiger charge is -2.14. The third-order valence-corrected chi connectivity index (χ3v) is 2.85. The first kappa shape index (κ1) is 11.9. The number of furan rings is 1. The number of nitrogens with one attached hydrogen (secondary N) is 1. The molecule has 2 heterocycles. The molecule has 0 fully saturated rings. The smallest absolute Gasteiger partial charge is 0.0951 e. The van der Waals surface area contributed by atoms with Gasteiger partial charge in [0, 0.05) is 24.2 Å². The average molecular weight is 234 g/mol. The largest absolute Gasteiger partial charge is 0.472 e. The molecule has 0 saturated carbocycles. The molecule has 2 aromatic heterocycles. The lowest BCUT2D eigenvalue weighted by atomic mass is 10.1. The molecule has 0 aliphatic heterocycles. The molecule has 0 aromatic carbocycles. The Morgan fingerprint density at radius 1 is 1.59 bits per heavy atom. The highest BCUT2D eigenvalue weighted by molar-refractivity contribution is 5.17. The van der Waals surface area contributed by atoms with Crippen LogP contribution in [0.2, 0.25) is 0 Å². The summed E-state index contributed by atoms with van der Waals surface area (Å²) < 4.78 is 7.08. The van der Waals surface area contributed by atoms with Crippen LogP contribution in [0.5, 0.6) is 0 Å². The Balaban J connectivity index is 2.18. The molecule has 0 bridgehead atoms. The molecular formula is C12H18N4O. The van der Waals surface area contributed by atoms with Gasteiger partial charge >= 0.3 is 0 Å². The zero-order valence-corrected chi connectivity index (χ0v) is 10.2. The Morgan fingerprint density at radius 3 is 3.00 bits per heavy atom. The molecule has 2 aromatic rings. The van der Waals surface area contributed by atoms with E-state index >= 15 is 0 Å². The minimum Gasteiger partial charge on any atom is -0.472 e. The fraction of sp³-hybridized carbons (Fsp3) is 0.417. The van der Waals surface area contributed by atoms with E-state index in [1.807, 2.05) is 17.7 Å². The van der Waals surface area contributed by atoms with E-state index in [1.165, 1.54) is 5.69 Å². The van der Waals surface area contributed by atoms with Crippen molar-refractivity contribution in [2.75, 3.05) is 0 Å². The summed E-state index contributed by atoms with van der Waals surface area (Å²) in [7, 11) is 0. The van der Waals surface area contributed by atoms with Crippen molar-refractivity contribution in [2.45, 2.75) is 32.9 Å². The number of rotatable bonds is 5. The quantitative estimate of drug-likeness (QED) is 0.608. The van der Waals surface area contributed by atoms with Gasteiger partial charge in [0.1, 0.15) is 0 Å². The lowest BCUT2D eigenvalue weighted by molar-refractivity contribution is 0.504. The van der Waals surface area contributed by atoms with Gasteiger partial charge in [0.15, 0.2) is 0 Å². The third kappa shape index (κ3) is 2.57. The van der Waals surface area contributed by atoms with E-state index in [1.54, 1.807) is 12.5 Å². The molecule has 0 radical (unpaired) electrons. The molecule has 0 aliphatic rings. The number of aromatic nitrogens is 2. The predicted octanol–water partition coefficient (Wildman–Crippen LogP) is 1.55. The van der Waals surface area contributed by atoms with Crippen molar-refractivity contribution in [1.29, 1.82) is 0 Å². The van der Waals surface area contributed by atoms with Crippen LogP contribution in [0.25, 0.3) is 0 Å². The van der Waals surface area contributed by atoms with Crippen LogP contribution in [0.15, 0.2) is 29.1 Å².